The second-order valence-electron chi connectivity index (χ2n) is 4.34. The number of carbonyl (C=O) groups is 1. The monoisotopic (exact) mass is 246 g/mol. The second-order valence-corrected chi connectivity index (χ2v) is 4.34. The number of benzene rings is 1. The summed E-state index contributed by atoms with van der Waals surface area (Å²) in [4.78, 5) is 10.7. The van der Waals surface area contributed by atoms with Crippen LogP contribution in [0.4, 0.5) is 0 Å². The third-order valence-electron chi connectivity index (χ3n) is 3.09. The maximum atomic E-state index is 10.7. The van der Waals surface area contributed by atoms with Crippen molar-refractivity contribution < 1.29 is 19.0 Å². The molecule has 4 nitrogen and oxygen atoms in total. The zero-order valence-corrected chi connectivity index (χ0v) is 9.77. The third kappa shape index (κ3) is 2.22. The van der Waals surface area contributed by atoms with Crippen LogP contribution in [0, 0.1) is 0 Å². The third-order valence-corrected chi connectivity index (χ3v) is 3.09. The van der Waals surface area contributed by atoms with E-state index in [0.29, 0.717) is 6.61 Å². The lowest BCUT2D eigenvalue weighted by atomic mass is 10.1. The highest BCUT2D eigenvalue weighted by Gasteiger charge is 2.35. The number of hydrogen-bond donors (Lipinski definition) is 0. The van der Waals surface area contributed by atoms with E-state index in [1.165, 1.54) is 0 Å². The van der Waals surface area contributed by atoms with Crippen molar-refractivity contribution in [3.8, 4) is 0 Å². The van der Waals surface area contributed by atoms with E-state index in [9.17, 15) is 4.79 Å². The van der Waals surface area contributed by atoms with Gasteiger partial charge in [0.05, 0.1) is 6.61 Å². The van der Waals surface area contributed by atoms with Gasteiger partial charge in [-0.1, -0.05) is 42.5 Å². The van der Waals surface area contributed by atoms with Crippen molar-refractivity contribution in [1.29, 1.82) is 0 Å². The van der Waals surface area contributed by atoms with Crippen LogP contribution in [0.2, 0.25) is 0 Å². The zero-order valence-electron chi connectivity index (χ0n) is 9.77. The predicted octanol–water partition coefficient (Wildman–Crippen LogP) is 1.62. The largest absolute Gasteiger partial charge is 0.358 e. The molecule has 94 valence electrons. The summed E-state index contributed by atoms with van der Waals surface area (Å²) in [5.74, 6) is 0. The number of ether oxygens (including phenoxy) is 3. The summed E-state index contributed by atoms with van der Waals surface area (Å²) in [6.07, 6.45) is 3.17. The Hall–Kier alpha value is -1.49. The molecule has 3 rings (SSSR count). The Bertz CT molecular complexity index is 442. The Labute approximate surface area is 105 Å². The zero-order chi connectivity index (χ0) is 12.4. The maximum Gasteiger partial charge on any atom is 0.184 e. The lowest BCUT2D eigenvalue weighted by molar-refractivity contribution is -0.259. The van der Waals surface area contributed by atoms with E-state index in [2.05, 4.69) is 0 Å². The average Bonchev–Trinajstić information content (AvgIpc) is 2.47. The summed E-state index contributed by atoms with van der Waals surface area (Å²) < 4.78 is 17.0. The molecular formula is C14H14O4. The summed E-state index contributed by atoms with van der Waals surface area (Å²) in [6, 6.07) is 9.78. The van der Waals surface area contributed by atoms with Gasteiger partial charge in [-0.15, -0.1) is 0 Å². The van der Waals surface area contributed by atoms with Crippen LogP contribution in [-0.4, -0.2) is 31.2 Å². The van der Waals surface area contributed by atoms with Gasteiger partial charge in [-0.2, -0.15) is 0 Å². The standard InChI is InChI=1S/C14H14O4/c15-8-11-6-7-12-13(17-11)9-16-14(18-12)10-4-2-1-3-5-10/h1-8,11-14H,9H2/t11-,12-,13+,14+/m0/s1. The molecule has 0 N–H and O–H groups in total. The molecule has 1 aromatic rings. The fourth-order valence-electron chi connectivity index (χ4n) is 2.16. The lowest BCUT2D eigenvalue weighted by Gasteiger charge is -2.38. The van der Waals surface area contributed by atoms with Gasteiger partial charge in [-0.25, -0.2) is 0 Å². The van der Waals surface area contributed by atoms with Crippen LogP contribution in [0.15, 0.2) is 42.5 Å². The van der Waals surface area contributed by atoms with E-state index >= 15 is 0 Å². The van der Waals surface area contributed by atoms with Gasteiger partial charge in [0.15, 0.2) is 12.6 Å². The predicted molar refractivity (Wildman–Crippen MR) is 63.9 cm³/mol. The molecule has 2 heterocycles. The molecule has 1 saturated heterocycles. The number of carbonyl (C=O) groups excluding carboxylic acids is 1. The second kappa shape index (κ2) is 5.02. The molecule has 0 amide bonds. The molecule has 0 spiro atoms. The van der Waals surface area contributed by atoms with Crippen molar-refractivity contribution in [3.05, 3.63) is 48.0 Å². The quantitative estimate of drug-likeness (QED) is 0.587. The van der Waals surface area contributed by atoms with Crippen molar-refractivity contribution in [2.75, 3.05) is 6.61 Å². The Kier molecular flexibility index (Phi) is 3.23. The summed E-state index contributed by atoms with van der Waals surface area (Å²) in [5.41, 5.74) is 0.988. The average molecular weight is 246 g/mol. The Morgan fingerprint density at radius 2 is 1.94 bits per heavy atom. The van der Waals surface area contributed by atoms with Crippen LogP contribution >= 0.6 is 0 Å². The Balaban J connectivity index is 1.73. The summed E-state index contributed by atoms with van der Waals surface area (Å²) in [7, 11) is 0. The molecule has 0 saturated carbocycles. The van der Waals surface area contributed by atoms with E-state index in [4.69, 9.17) is 14.2 Å². The molecule has 0 aromatic heterocycles. The number of rotatable bonds is 2. The normalized spacial score (nSPS) is 34.9. The molecule has 0 aliphatic carbocycles. The molecule has 2 aliphatic heterocycles. The van der Waals surface area contributed by atoms with E-state index in [1.54, 1.807) is 6.08 Å². The molecule has 2 aliphatic rings. The molecule has 4 atom stereocenters. The lowest BCUT2D eigenvalue weighted by Crippen LogP contribution is -2.45. The molecule has 1 aromatic carbocycles. The van der Waals surface area contributed by atoms with Crippen molar-refractivity contribution in [3.63, 3.8) is 0 Å². The highest BCUT2D eigenvalue weighted by Crippen LogP contribution is 2.30. The van der Waals surface area contributed by atoms with Gasteiger partial charge in [0.1, 0.15) is 18.3 Å². The minimum absolute atomic E-state index is 0.153. The number of hydrogen-bond acceptors (Lipinski definition) is 4. The first-order valence-electron chi connectivity index (χ1n) is 5.98. The molecule has 0 unspecified atom stereocenters. The maximum absolute atomic E-state index is 10.7. The van der Waals surface area contributed by atoms with Crippen LogP contribution in [0.5, 0.6) is 0 Å². The molecule has 1 fully saturated rings. The van der Waals surface area contributed by atoms with E-state index in [-0.39, 0.29) is 18.5 Å². The van der Waals surface area contributed by atoms with Crippen molar-refractivity contribution in [1.82, 2.24) is 0 Å². The minimum Gasteiger partial charge on any atom is -0.358 e. The van der Waals surface area contributed by atoms with Crippen molar-refractivity contribution >= 4 is 6.29 Å². The van der Waals surface area contributed by atoms with Gasteiger partial charge in [0.2, 0.25) is 0 Å². The van der Waals surface area contributed by atoms with Gasteiger partial charge in [0, 0.05) is 5.56 Å². The highest BCUT2D eigenvalue weighted by atomic mass is 16.7. The molecule has 0 radical (unpaired) electrons. The van der Waals surface area contributed by atoms with E-state index < -0.39 is 6.10 Å². The summed E-state index contributed by atoms with van der Waals surface area (Å²) in [6.45, 7) is 0.429. The fraction of sp³-hybridized carbons (Fsp3) is 0.357. The van der Waals surface area contributed by atoms with Crippen LogP contribution in [-0.2, 0) is 19.0 Å². The number of aldehydes is 1. The topological polar surface area (TPSA) is 44.8 Å². The SMILES string of the molecule is O=C[C@@H]1C=C[C@@H]2O[C@H](c3ccccc3)OC[C@H]2O1. The van der Waals surface area contributed by atoms with E-state index in [0.717, 1.165) is 11.8 Å². The van der Waals surface area contributed by atoms with Crippen LogP contribution < -0.4 is 0 Å². The first kappa shape index (κ1) is 11.6. The molecule has 18 heavy (non-hydrogen) atoms. The van der Waals surface area contributed by atoms with Gasteiger partial charge < -0.3 is 19.0 Å². The smallest absolute Gasteiger partial charge is 0.184 e. The van der Waals surface area contributed by atoms with Gasteiger partial charge in [-0.3, -0.25) is 0 Å². The minimum atomic E-state index is -0.480. The summed E-state index contributed by atoms with van der Waals surface area (Å²) >= 11 is 0. The summed E-state index contributed by atoms with van der Waals surface area (Å²) in [5, 5.41) is 0. The molecular weight excluding hydrogens is 232 g/mol. The van der Waals surface area contributed by atoms with Gasteiger partial charge in [-0.05, 0) is 0 Å². The molecule has 4 heteroatoms. The highest BCUT2D eigenvalue weighted by molar-refractivity contribution is 5.59. The van der Waals surface area contributed by atoms with Crippen molar-refractivity contribution in [2.24, 2.45) is 0 Å². The fourth-order valence-corrected chi connectivity index (χ4v) is 2.16. The van der Waals surface area contributed by atoms with Crippen molar-refractivity contribution in [2.45, 2.75) is 24.6 Å². The molecule has 0 bridgehead atoms. The first-order chi connectivity index (χ1) is 8.86. The number of fused-ring (bicyclic) bond motifs is 1. The van der Waals surface area contributed by atoms with Gasteiger partial charge >= 0.3 is 0 Å². The Morgan fingerprint density at radius 3 is 2.72 bits per heavy atom. The Morgan fingerprint density at radius 1 is 1.11 bits per heavy atom. The van der Waals surface area contributed by atoms with Crippen LogP contribution in [0.1, 0.15) is 11.9 Å². The first-order valence-corrected chi connectivity index (χ1v) is 5.98. The van der Waals surface area contributed by atoms with Gasteiger partial charge in [0.25, 0.3) is 0 Å². The van der Waals surface area contributed by atoms with E-state index in [1.807, 2.05) is 36.4 Å². The van der Waals surface area contributed by atoms with Crippen LogP contribution in [0.3, 0.4) is 0 Å². The van der Waals surface area contributed by atoms with Crippen LogP contribution in [0.25, 0.3) is 0 Å².